The molecular formula is C17H24O3. The number of aryl methyl sites for hydroxylation is 1. The molecule has 3 nitrogen and oxygen atoms in total. The zero-order chi connectivity index (χ0) is 14.1. The van der Waals surface area contributed by atoms with Crippen LogP contribution in [0.4, 0.5) is 0 Å². The molecule has 110 valence electrons. The molecule has 1 saturated carbocycles. The molecule has 2 aliphatic carbocycles. The molecule has 1 aromatic carbocycles. The van der Waals surface area contributed by atoms with Crippen LogP contribution < -0.4 is 0 Å². The SMILES string of the molecule is COCOC[C@H]1[C@H](O)CC2Cc3c(C)cccc3C[C@@H]21. The number of rotatable bonds is 4. The second-order valence-corrected chi connectivity index (χ2v) is 6.29. The molecule has 0 saturated heterocycles. The molecule has 20 heavy (non-hydrogen) atoms. The number of ether oxygens (including phenoxy) is 2. The minimum atomic E-state index is -0.225. The molecule has 3 heteroatoms. The van der Waals surface area contributed by atoms with Gasteiger partial charge in [-0.05, 0) is 54.7 Å². The standard InChI is InChI=1S/C17H24O3/c1-11-4-3-5-12-6-15-13(7-14(11)12)8-17(18)16(15)9-20-10-19-2/h3-5,13,15-18H,6-10H2,1-2H3/t13?,15-,16+,17+/m0/s1. The molecule has 4 atom stereocenters. The predicted molar refractivity (Wildman–Crippen MR) is 77.5 cm³/mol. The number of aliphatic hydroxyl groups is 1. The van der Waals surface area contributed by atoms with Crippen LogP contribution in [0.2, 0.25) is 0 Å². The van der Waals surface area contributed by atoms with E-state index < -0.39 is 0 Å². The average molecular weight is 276 g/mol. The summed E-state index contributed by atoms with van der Waals surface area (Å²) in [7, 11) is 1.63. The lowest BCUT2D eigenvalue weighted by molar-refractivity contribution is -0.0625. The molecule has 0 spiro atoms. The molecule has 1 N–H and O–H groups in total. The van der Waals surface area contributed by atoms with Gasteiger partial charge in [-0.1, -0.05) is 18.2 Å². The summed E-state index contributed by atoms with van der Waals surface area (Å²) in [5.74, 6) is 1.41. The number of hydrogen-bond acceptors (Lipinski definition) is 3. The van der Waals surface area contributed by atoms with Crippen LogP contribution in [0.25, 0.3) is 0 Å². The van der Waals surface area contributed by atoms with Gasteiger partial charge >= 0.3 is 0 Å². The van der Waals surface area contributed by atoms with E-state index in [1.807, 2.05) is 0 Å². The van der Waals surface area contributed by atoms with Gasteiger partial charge in [-0.25, -0.2) is 0 Å². The molecular weight excluding hydrogens is 252 g/mol. The van der Waals surface area contributed by atoms with Crippen LogP contribution in [0.15, 0.2) is 18.2 Å². The van der Waals surface area contributed by atoms with Crippen LogP contribution in [-0.2, 0) is 22.3 Å². The molecule has 1 aromatic rings. The molecule has 1 fully saturated rings. The van der Waals surface area contributed by atoms with Crippen LogP contribution in [0.5, 0.6) is 0 Å². The van der Waals surface area contributed by atoms with E-state index in [1.165, 1.54) is 16.7 Å². The van der Waals surface area contributed by atoms with E-state index in [0.717, 1.165) is 19.3 Å². The van der Waals surface area contributed by atoms with Crippen molar-refractivity contribution in [2.45, 2.75) is 32.3 Å². The fraction of sp³-hybridized carbons (Fsp3) is 0.647. The molecule has 2 aliphatic rings. The van der Waals surface area contributed by atoms with Gasteiger partial charge in [-0.15, -0.1) is 0 Å². The van der Waals surface area contributed by atoms with Crippen molar-refractivity contribution in [2.75, 3.05) is 20.5 Å². The molecule has 0 bridgehead atoms. The summed E-state index contributed by atoms with van der Waals surface area (Å²) < 4.78 is 10.5. The van der Waals surface area contributed by atoms with Crippen molar-refractivity contribution in [1.82, 2.24) is 0 Å². The third-order valence-electron chi connectivity index (χ3n) is 5.13. The summed E-state index contributed by atoms with van der Waals surface area (Å²) in [6.07, 6.45) is 2.89. The largest absolute Gasteiger partial charge is 0.393 e. The second kappa shape index (κ2) is 5.84. The Morgan fingerprint density at radius 1 is 1.30 bits per heavy atom. The maximum absolute atomic E-state index is 10.3. The quantitative estimate of drug-likeness (QED) is 0.677. The Balaban J connectivity index is 1.76. The Morgan fingerprint density at radius 3 is 2.95 bits per heavy atom. The summed E-state index contributed by atoms with van der Waals surface area (Å²) in [5.41, 5.74) is 4.38. The van der Waals surface area contributed by atoms with E-state index in [-0.39, 0.29) is 12.0 Å². The van der Waals surface area contributed by atoms with E-state index in [1.54, 1.807) is 7.11 Å². The van der Waals surface area contributed by atoms with E-state index in [4.69, 9.17) is 9.47 Å². The second-order valence-electron chi connectivity index (χ2n) is 6.29. The summed E-state index contributed by atoms with van der Waals surface area (Å²) in [4.78, 5) is 0. The zero-order valence-electron chi connectivity index (χ0n) is 12.3. The molecule has 0 heterocycles. The van der Waals surface area contributed by atoms with Gasteiger partial charge in [0.1, 0.15) is 6.79 Å². The van der Waals surface area contributed by atoms with Crippen molar-refractivity contribution in [3.8, 4) is 0 Å². The van der Waals surface area contributed by atoms with Crippen molar-refractivity contribution in [2.24, 2.45) is 17.8 Å². The lowest BCUT2D eigenvalue weighted by atomic mass is 9.74. The average Bonchev–Trinajstić information content (AvgIpc) is 2.73. The van der Waals surface area contributed by atoms with Crippen LogP contribution >= 0.6 is 0 Å². The van der Waals surface area contributed by atoms with E-state index in [0.29, 0.717) is 25.2 Å². The van der Waals surface area contributed by atoms with E-state index in [9.17, 15) is 5.11 Å². The minimum absolute atomic E-state index is 0.225. The lowest BCUT2D eigenvalue weighted by Crippen LogP contribution is -2.30. The van der Waals surface area contributed by atoms with E-state index in [2.05, 4.69) is 25.1 Å². The number of benzene rings is 1. The molecule has 0 aliphatic heterocycles. The first-order valence-electron chi connectivity index (χ1n) is 7.52. The van der Waals surface area contributed by atoms with Crippen LogP contribution in [0.1, 0.15) is 23.1 Å². The number of hydrogen-bond donors (Lipinski definition) is 1. The van der Waals surface area contributed by atoms with Crippen molar-refractivity contribution in [3.05, 3.63) is 34.9 Å². The highest BCUT2D eigenvalue weighted by Gasteiger charge is 2.44. The predicted octanol–water partition coefficient (Wildman–Crippen LogP) is 2.33. The van der Waals surface area contributed by atoms with Gasteiger partial charge in [0.25, 0.3) is 0 Å². The van der Waals surface area contributed by atoms with Gasteiger partial charge in [0, 0.05) is 13.0 Å². The first-order valence-corrected chi connectivity index (χ1v) is 7.52. The lowest BCUT2D eigenvalue weighted by Gasteiger charge is -2.32. The number of methoxy groups -OCH3 is 1. The normalized spacial score (nSPS) is 31.9. The van der Waals surface area contributed by atoms with E-state index >= 15 is 0 Å². The summed E-state index contributed by atoms with van der Waals surface area (Å²) in [5, 5.41) is 10.3. The minimum Gasteiger partial charge on any atom is -0.393 e. The van der Waals surface area contributed by atoms with Crippen molar-refractivity contribution in [3.63, 3.8) is 0 Å². The van der Waals surface area contributed by atoms with Crippen LogP contribution in [0, 0.1) is 24.7 Å². The number of aliphatic hydroxyl groups excluding tert-OH is 1. The third kappa shape index (κ3) is 2.50. The van der Waals surface area contributed by atoms with Crippen LogP contribution in [-0.4, -0.2) is 31.7 Å². The highest BCUT2D eigenvalue weighted by atomic mass is 16.7. The Labute approximate surface area is 120 Å². The topological polar surface area (TPSA) is 38.7 Å². The van der Waals surface area contributed by atoms with Gasteiger partial charge < -0.3 is 14.6 Å². The molecule has 3 rings (SSSR count). The summed E-state index contributed by atoms with van der Waals surface area (Å²) in [6.45, 7) is 3.12. The maximum Gasteiger partial charge on any atom is 0.146 e. The van der Waals surface area contributed by atoms with Gasteiger partial charge in [0.05, 0.1) is 12.7 Å². The van der Waals surface area contributed by atoms with Gasteiger partial charge in [-0.3, -0.25) is 0 Å². The van der Waals surface area contributed by atoms with Gasteiger partial charge in [-0.2, -0.15) is 0 Å². The van der Waals surface area contributed by atoms with Gasteiger partial charge in [0.2, 0.25) is 0 Å². The fourth-order valence-electron chi connectivity index (χ4n) is 4.11. The highest BCUT2D eigenvalue weighted by Crippen LogP contribution is 2.45. The van der Waals surface area contributed by atoms with Crippen molar-refractivity contribution < 1.29 is 14.6 Å². The molecule has 1 unspecified atom stereocenters. The van der Waals surface area contributed by atoms with Crippen LogP contribution in [0.3, 0.4) is 0 Å². The van der Waals surface area contributed by atoms with Crippen molar-refractivity contribution >= 4 is 0 Å². The summed E-state index contributed by atoms with van der Waals surface area (Å²) >= 11 is 0. The zero-order valence-corrected chi connectivity index (χ0v) is 12.3. The van der Waals surface area contributed by atoms with Gasteiger partial charge in [0.15, 0.2) is 0 Å². The Kier molecular flexibility index (Phi) is 4.11. The molecule has 0 amide bonds. The first-order chi connectivity index (χ1) is 9.70. The highest BCUT2D eigenvalue weighted by molar-refractivity contribution is 5.37. The maximum atomic E-state index is 10.3. The first kappa shape index (κ1) is 14.1. The summed E-state index contributed by atoms with van der Waals surface area (Å²) in [6, 6.07) is 6.59. The fourth-order valence-corrected chi connectivity index (χ4v) is 4.11. The Bertz CT molecular complexity index is 471. The monoisotopic (exact) mass is 276 g/mol. The van der Waals surface area contributed by atoms with Crippen molar-refractivity contribution in [1.29, 1.82) is 0 Å². The molecule has 0 aromatic heterocycles. The number of fused-ring (bicyclic) bond motifs is 2. The Morgan fingerprint density at radius 2 is 2.15 bits per heavy atom. The molecule has 0 radical (unpaired) electrons. The third-order valence-corrected chi connectivity index (χ3v) is 5.13. The smallest absolute Gasteiger partial charge is 0.146 e. The Hall–Kier alpha value is -0.900.